The maximum Gasteiger partial charge on any atom is 0.248 e. The van der Waals surface area contributed by atoms with Crippen molar-refractivity contribution < 1.29 is 4.79 Å². The Hall–Kier alpha value is -1.07. The molecular formula is C13H16ClN3OS. The van der Waals surface area contributed by atoms with Crippen molar-refractivity contribution in [2.75, 3.05) is 13.6 Å². The zero-order chi connectivity index (χ0) is 12.3. The molecule has 4 nitrogen and oxygen atoms in total. The van der Waals surface area contributed by atoms with Crippen LogP contribution in [-0.2, 0) is 24.2 Å². The highest BCUT2D eigenvalue weighted by atomic mass is 35.5. The second kappa shape index (κ2) is 4.49. The number of aliphatic imine (C=N–C) groups is 1. The average Bonchev–Trinajstić information content (AvgIpc) is 2.87. The number of hydrogen-bond acceptors (Lipinski definition) is 4. The molecule has 3 aliphatic rings. The minimum absolute atomic E-state index is 0. The van der Waals surface area contributed by atoms with Crippen LogP contribution in [0.3, 0.4) is 0 Å². The van der Waals surface area contributed by atoms with Gasteiger partial charge in [0, 0.05) is 24.0 Å². The Kier molecular flexibility index (Phi) is 3.06. The highest BCUT2D eigenvalue weighted by Gasteiger charge is 2.36. The Morgan fingerprint density at radius 3 is 2.79 bits per heavy atom. The van der Waals surface area contributed by atoms with Gasteiger partial charge in [-0.05, 0) is 31.2 Å². The molecule has 2 aliphatic heterocycles. The summed E-state index contributed by atoms with van der Waals surface area (Å²) in [5, 5.41) is 1.15. The van der Waals surface area contributed by atoms with Crippen molar-refractivity contribution in [2.45, 2.75) is 32.2 Å². The third kappa shape index (κ3) is 1.79. The molecule has 1 aromatic heterocycles. The van der Waals surface area contributed by atoms with E-state index in [1.54, 1.807) is 4.90 Å². The van der Waals surface area contributed by atoms with Crippen LogP contribution in [0.5, 0.6) is 0 Å². The predicted octanol–water partition coefficient (Wildman–Crippen LogP) is 2.32. The Labute approximate surface area is 122 Å². The number of thiophene rings is 1. The maximum absolute atomic E-state index is 11.7. The van der Waals surface area contributed by atoms with Crippen LogP contribution in [0.2, 0.25) is 0 Å². The number of rotatable bonds is 0. The molecule has 1 fully saturated rings. The summed E-state index contributed by atoms with van der Waals surface area (Å²) in [5.41, 5.74) is 2.92. The minimum Gasteiger partial charge on any atom is -0.328 e. The predicted molar refractivity (Wildman–Crippen MR) is 78.5 cm³/mol. The Morgan fingerprint density at radius 1 is 1.16 bits per heavy atom. The second-order valence-electron chi connectivity index (χ2n) is 5.22. The number of guanidine groups is 1. The summed E-state index contributed by atoms with van der Waals surface area (Å²) in [6, 6.07) is 0. The van der Waals surface area contributed by atoms with Gasteiger partial charge in [0.25, 0.3) is 0 Å². The fourth-order valence-electron chi connectivity index (χ4n) is 3.09. The van der Waals surface area contributed by atoms with Gasteiger partial charge in [-0.25, -0.2) is 4.99 Å². The summed E-state index contributed by atoms with van der Waals surface area (Å²) in [4.78, 5) is 21.7. The van der Waals surface area contributed by atoms with Gasteiger partial charge in [-0.3, -0.25) is 9.69 Å². The van der Waals surface area contributed by atoms with Gasteiger partial charge in [0.05, 0.1) is 0 Å². The van der Waals surface area contributed by atoms with Crippen LogP contribution >= 0.6 is 23.7 Å². The van der Waals surface area contributed by atoms with E-state index in [-0.39, 0.29) is 18.3 Å². The first-order valence-corrected chi connectivity index (χ1v) is 7.29. The number of carbonyl (C=O) groups is 1. The molecule has 1 saturated heterocycles. The summed E-state index contributed by atoms with van der Waals surface area (Å²) in [5.74, 6) is 0.990. The molecule has 0 N–H and O–H groups in total. The topological polar surface area (TPSA) is 35.9 Å². The van der Waals surface area contributed by atoms with Gasteiger partial charge in [-0.1, -0.05) is 0 Å². The first kappa shape index (κ1) is 12.9. The highest BCUT2D eigenvalue weighted by Crippen LogP contribution is 2.43. The molecule has 0 spiro atoms. The summed E-state index contributed by atoms with van der Waals surface area (Å²) in [6.45, 7) is 1.36. The Morgan fingerprint density at radius 2 is 1.95 bits per heavy atom. The number of carbonyl (C=O) groups excluding carboxylic acids is 1. The normalized spacial score (nSPS) is 20.5. The van der Waals surface area contributed by atoms with Crippen molar-refractivity contribution in [3.8, 4) is 0 Å². The molecule has 1 amide bonds. The molecule has 102 valence electrons. The van der Waals surface area contributed by atoms with Gasteiger partial charge in [-0.2, -0.15) is 0 Å². The second-order valence-corrected chi connectivity index (χ2v) is 6.30. The fraction of sp³-hybridized carbons (Fsp3) is 0.538. The lowest BCUT2D eigenvalue weighted by molar-refractivity contribution is -0.124. The summed E-state index contributed by atoms with van der Waals surface area (Å²) >= 11 is 1.84. The minimum atomic E-state index is 0. The lowest BCUT2D eigenvalue weighted by Gasteiger charge is -2.24. The van der Waals surface area contributed by atoms with Crippen LogP contribution in [0.15, 0.2) is 4.99 Å². The van der Waals surface area contributed by atoms with E-state index < -0.39 is 0 Å². The molecule has 0 atom stereocenters. The van der Waals surface area contributed by atoms with E-state index >= 15 is 0 Å². The Bertz CT molecular complexity index is 581. The molecule has 1 aromatic rings. The standard InChI is InChI=1S/C13H15N3OS.ClH/c1-15-11(17)7-16-6-9-8-4-2-3-5-10(8)18-12(9)14-13(15)16;/h2-7H2,1H3;1H. The Balaban J connectivity index is 0.00000110. The molecule has 1 aliphatic carbocycles. The van der Waals surface area contributed by atoms with Crippen LogP contribution in [-0.4, -0.2) is 35.3 Å². The molecule has 6 heteroatoms. The molecule has 0 aromatic carbocycles. The van der Waals surface area contributed by atoms with Crippen LogP contribution < -0.4 is 0 Å². The van der Waals surface area contributed by atoms with Gasteiger partial charge in [0.15, 0.2) is 0 Å². The third-order valence-corrected chi connectivity index (χ3v) is 5.32. The molecular weight excluding hydrogens is 282 g/mol. The van der Waals surface area contributed by atoms with E-state index in [4.69, 9.17) is 4.99 Å². The smallest absolute Gasteiger partial charge is 0.248 e. The van der Waals surface area contributed by atoms with Crippen molar-refractivity contribution in [1.29, 1.82) is 0 Å². The highest BCUT2D eigenvalue weighted by molar-refractivity contribution is 7.16. The monoisotopic (exact) mass is 297 g/mol. The van der Waals surface area contributed by atoms with E-state index in [0.717, 1.165) is 17.5 Å². The van der Waals surface area contributed by atoms with Crippen LogP contribution in [0.1, 0.15) is 28.8 Å². The molecule has 0 unspecified atom stereocenters. The van der Waals surface area contributed by atoms with Crippen LogP contribution in [0.4, 0.5) is 5.00 Å². The van der Waals surface area contributed by atoms with Gasteiger partial charge in [0.2, 0.25) is 11.9 Å². The number of nitrogens with zero attached hydrogens (tertiary/aromatic N) is 3. The van der Waals surface area contributed by atoms with Gasteiger partial charge >= 0.3 is 0 Å². The van der Waals surface area contributed by atoms with E-state index in [1.165, 1.54) is 41.7 Å². The fourth-order valence-corrected chi connectivity index (χ4v) is 4.35. The maximum atomic E-state index is 11.7. The van der Waals surface area contributed by atoms with Crippen molar-refractivity contribution in [1.82, 2.24) is 9.80 Å². The first-order chi connectivity index (χ1) is 8.74. The zero-order valence-corrected chi connectivity index (χ0v) is 12.4. The lowest BCUT2D eigenvalue weighted by Crippen LogP contribution is -2.33. The van der Waals surface area contributed by atoms with Gasteiger partial charge < -0.3 is 4.90 Å². The van der Waals surface area contributed by atoms with E-state index in [1.807, 2.05) is 18.4 Å². The average molecular weight is 298 g/mol. The number of fused-ring (bicyclic) bond motifs is 4. The van der Waals surface area contributed by atoms with Crippen molar-refractivity contribution in [3.63, 3.8) is 0 Å². The number of aryl methyl sites for hydroxylation is 1. The van der Waals surface area contributed by atoms with E-state index in [9.17, 15) is 4.79 Å². The molecule has 4 rings (SSSR count). The molecule has 0 radical (unpaired) electrons. The van der Waals surface area contributed by atoms with Crippen molar-refractivity contribution in [3.05, 3.63) is 16.0 Å². The number of hydrogen-bond donors (Lipinski definition) is 0. The summed E-state index contributed by atoms with van der Waals surface area (Å²) in [7, 11) is 1.82. The van der Waals surface area contributed by atoms with Crippen molar-refractivity contribution >= 4 is 40.6 Å². The first-order valence-electron chi connectivity index (χ1n) is 6.47. The number of amides is 1. The molecule has 3 heterocycles. The van der Waals surface area contributed by atoms with E-state index in [0.29, 0.717) is 6.54 Å². The molecule has 0 bridgehead atoms. The number of likely N-dealkylation sites (N-methyl/N-ethyl adjacent to an activating group) is 1. The largest absolute Gasteiger partial charge is 0.328 e. The lowest BCUT2D eigenvalue weighted by atomic mass is 9.95. The molecule has 19 heavy (non-hydrogen) atoms. The third-order valence-electron chi connectivity index (χ3n) is 4.09. The van der Waals surface area contributed by atoms with Gasteiger partial charge in [-0.15, -0.1) is 23.7 Å². The summed E-state index contributed by atoms with van der Waals surface area (Å²) in [6.07, 6.45) is 5.02. The molecule has 0 saturated carbocycles. The SMILES string of the molecule is CN1C(=O)CN2Cc3c(sc4c3CCCC4)N=C21.Cl. The van der Waals surface area contributed by atoms with Crippen LogP contribution in [0, 0.1) is 0 Å². The quantitative estimate of drug-likeness (QED) is 0.737. The number of halogens is 1. The van der Waals surface area contributed by atoms with Gasteiger partial charge in [0.1, 0.15) is 11.5 Å². The van der Waals surface area contributed by atoms with Crippen LogP contribution in [0.25, 0.3) is 0 Å². The van der Waals surface area contributed by atoms with E-state index in [2.05, 4.69) is 4.90 Å². The zero-order valence-electron chi connectivity index (χ0n) is 10.8. The van der Waals surface area contributed by atoms with Crippen molar-refractivity contribution in [2.24, 2.45) is 4.99 Å². The summed E-state index contributed by atoms with van der Waals surface area (Å²) < 4.78 is 0.